The van der Waals surface area contributed by atoms with E-state index in [9.17, 15) is 14.4 Å². The molecule has 0 spiro atoms. The van der Waals surface area contributed by atoms with Gasteiger partial charge in [0, 0.05) is 11.4 Å². The van der Waals surface area contributed by atoms with Crippen molar-refractivity contribution in [1.82, 2.24) is 5.43 Å². The molecule has 0 aromatic heterocycles. The number of ether oxygens (including phenoxy) is 1. The summed E-state index contributed by atoms with van der Waals surface area (Å²) >= 11 is 0. The van der Waals surface area contributed by atoms with E-state index in [1.165, 1.54) is 6.21 Å². The van der Waals surface area contributed by atoms with Crippen molar-refractivity contribution in [3.8, 4) is 5.75 Å². The van der Waals surface area contributed by atoms with Gasteiger partial charge >= 0.3 is 11.8 Å². The Morgan fingerprint density at radius 3 is 2.40 bits per heavy atom. The molecule has 8 heteroatoms. The van der Waals surface area contributed by atoms with Crippen LogP contribution in [0.3, 0.4) is 0 Å². The van der Waals surface area contributed by atoms with Crippen LogP contribution in [-0.4, -0.2) is 30.5 Å². The van der Waals surface area contributed by atoms with Gasteiger partial charge in [0.2, 0.25) is 0 Å². The van der Waals surface area contributed by atoms with Gasteiger partial charge in [-0.2, -0.15) is 5.10 Å². The van der Waals surface area contributed by atoms with Gasteiger partial charge < -0.3 is 15.4 Å². The normalized spacial score (nSPS) is 10.6. The highest BCUT2D eigenvalue weighted by Crippen LogP contribution is 2.18. The van der Waals surface area contributed by atoms with Crippen molar-refractivity contribution in [3.05, 3.63) is 89.0 Å². The third kappa shape index (κ3) is 7.53. The second kappa shape index (κ2) is 12.1. The number of amides is 3. The van der Waals surface area contributed by atoms with Crippen molar-refractivity contribution in [1.29, 1.82) is 0 Å². The number of hydrogen-bond donors (Lipinski definition) is 3. The van der Waals surface area contributed by atoms with Crippen LogP contribution >= 0.6 is 0 Å². The Hall–Kier alpha value is -4.46. The third-order valence-corrected chi connectivity index (χ3v) is 5.31. The minimum absolute atomic E-state index is 0.163. The summed E-state index contributed by atoms with van der Waals surface area (Å²) in [4.78, 5) is 36.3. The summed E-state index contributed by atoms with van der Waals surface area (Å²) in [6, 6.07) is 19.8. The molecule has 3 aromatic rings. The van der Waals surface area contributed by atoms with Crippen LogP contribution in [0.25, 0.3) is 0 Å². The highest BCUT2D eigenvalue weighted by molar-refractivity contribution is 6.39. The Labute approximate surface area is 204 Å². The van der Waals surface area contributed by atoms with E-state index in [0.717, 1.165) is 28.8 Å². The van der Waals surface area contributed by atoms with Gasteiger partial charge in [-0.25, -0.2) is 5.43 Å². The van der Waals surface area contributed by atoms with E-state index in [-0.39, 0.29) is 12.5 Å². The average molecular weight is 473 g/mol. The Balaban J connectivity index is 1.48. The van der Waals surface area contributed by atoms with Crippen LogP contribution in [0.1, 0.15) is 29.2 Å². The summed E-state index contributed by atoms with van der Waals surface area (Å²) in [7, 11) is 0. The van der Waals surface area contributed by atoms with Crippen LogP contribution in [0.15, 0.2) is 71.8 Å². The smallest absolute Gasteiger partial charge is 0.329 e. The second-order valence-corrected chi connectivity index (χ2v) is 7.86. The van der Waals surface area contributed by atoms with Gasteiger partial charge in [0.15, 0.2) is 6.61 Å². The van der Waals surface area contributed by atoms with Crippen molar-refractivity contribution >= 4 is 35.3 Å². The summed E-state index contributed by atoms with van der Waals surface area (Å²) in [5.74, 6) is -1.53. The highest BCUT2D eigenvalue weighted by Gasteiger charge is 2.13. The van der Waals surface area contributed by atoms with Gasteiger partial charge in [-0.1, -0.05) is 43.3 Å². The summed E-state index contributed by atoms with van der Waals surface area (Å²) in [6.07, 6.45) is 2.26. The molecule has 8 nitrogen and oxygen atoms in total. The van der Waals surface area contributed by atoms with Crippen LogP contribution in [0.2, 0.25) is 0 Å². The number of rotatable bonds is 8. The van der Waals surface area contributed by atoms with Crippen molar-refractivity contribution in [2.45, 2.75) is 27.2 Å². The number of carbonyl (C=O) groups excluding carboxylic acids is 3. The molecule has 3 rings (SSSR count). The minimum Gasteiger partial charge on any atom is -0.484 e. The number of nitrogens with one attached hydrogen (secondary N) is 3. The number of aryl methyl sites for hydroxylation is 2. The second-order valence-electron chi connectivity index (χ2n) is 7.86. The van der Waals surface area contributed by atoms with Gasteiger partial charge in [0.1, 0.15) is 5.75 Å². The number of carbonyl (C=O) groups is 3. The van der Waals surface area contributed by atoms with Gasteiger partial charge in [-0.05, 0) is 72.9 Å². The molecule has 0 bridgehead atoms. The largest absolute Gasteiger partial charge is 0.484 e. The first kappa shape index (κ1) is 25.2. The molecule has 180 valence electrons. The first-order valence-corrected chi connectivity index (χ1v) is 11.2. The molecular formula is C27H28N4O4. The zero-order valence-corrected chi connectivity index (χ0v) is 19.9. The summed E-state index contributed by atoms with van der Waals surface area (Å²) in [6.45, 7) is 5.80. The molecule has 0 saturated carbocycles. The Bertz CT molecular complexity index is 1240. The zero-order valence-electron chi connectivity index (χ0n) is 19.9. The monoisotopic (exact) mass is 472 g/mol. The van der Waals surface area contributed by atoms with E-state index in [1.54, 1.807) is 36.4 Å². The molecule has 0 aliphatic heterocycles. The van der Waals surface area contributed by atoms with Crippen molar-refractivity contribution in [2.75, 3.05) is 17.2 Å². The van der Waals surface area contributed by atoms with Crippen LogP contribution in [0, 0.1) is 13.8 Å². The third-order valence-electron chi connectivity index (χ3n) is 5.31. The molecular weight excluding hydrogens is 444 g/mol. The number of hydrogen-bond acceptors (Lipinski definition) is 5. The molecule has 0 unspecified atom stereocenters. The Morgan fingerprint density at radius 1 is 0.914 bits per heavy atom. The number of anilines is 2. The summed E-state index contributed by atoms with van der Waals surface area (Å²) in [5, 5.41) is 9.18. The van der Waals surface area contributed by atoms with Crippen LogP contribution in [0.5, 0.6) is 5.75 Å². The predicted molar refractivity (Wildman–Crippen MR) is 137 cm³/mol. The SMILES string of the molecule is CCc1ccc(NC(=O)C(=O)N/N=C\c2cccc(OCC(=O)Nc3cccc(C)c3C)c2)cc1. The van der Waals surface area contributed by atoms with E-state index in [2.05, 4.69) is 21.2 Å². The number of benzene rings is 3. The lowest BCUT2D eigenvalue weighted by Crippen LogP contribution is -2.32. The lowest BCUT2D eigenvalue weighted by molar-refractivity contribution is -0.136. The standard InChI is InChI=1S/C27H28N4O4/c1-4-20-11-13-22(14-12-20)29-26(33)27(34)31-28-16-21-8-6-9-23(15-21)35-17-25(32)30-24-10-5-7-18(2)19(24)3/h5-16H,4,17H2,1-3H3,(H,29,33)(H,30,32)(H,31,34)/b28-16-. The topological polar surface area (TPSA) is 109 Å². The predicted octanol–water partition coefficient (Wildman–Crippen LogP) is 3.97. The van der Waals surface area contributed by atoms with Crippen LogP contribution < -0.4 is 20.8 Å². The molecule has 0 aliphatic carbocycles. The summed E-state index contributed by atoms with van der Waals surface area (Å²) in [5.41, 5.74) is 7.31. The maximum Gasteiger partial charge on any atom is 0.329 e. The first-order chi connectivity index (χ1) is 16.9. The van der Waals surface area contributed by atoms with E-state index in [1.807, 2.05) is 51.1 Å². The fourth-order valence-corrected chi connectivity index (χ4v) is 3.13. The molecule has 0 radical (unpaired) electrons. The molecule has 3 N–H and O–H groups in total. The maximum atomic E-state index is 12.3. The Kier molecular flexibility index (Phi) is 8.72. The lowest BCUT2D eigenvalue weighted by Gasteiger charge is -2.11. The molecule has 0 atom stereocenters. The molecule has 3 amide bonds. The average Bonchev–Trinajstić information content (AvgIpc) is 2.86. The number of hydrazone groups is 1. The van der Waals surface area contributed by atoms with E-state index < -0.39 is 11.8 Å². The van der Waals surface area contributed by atoms with Crippen molar-refractivity contribution in [2.24, 2.45) is 5.10 Å². The molecule has 0 heterocycles. The van der Waals surface area contributed by atoms with Crippen LogP contribution in [0.4, 0.5) is 11.4 Å². The number of nitrogens with zero attached hydrogens (tertiary/aromatic N) is 1. The van der Waals surface area contributed by atoms with E-state index in [4.69, 9.17) is 4.74 Å². The lowest BCUT2D eigenvalue weighted by atomic mass is 10.1. The van der Waals surface area contributed by atoms with Crippen LogP contribution in [-0.2, 0) is 20.8 Å². The molecule has 0 aliphatic rings. The summed E-state index contributed by atoms with van der Waals surface area (Å²) < 4.78 is 5.57. The molecule has 0 fully saturated rings. The maximum absolute atomic E-state index is 12.3. The fraction of sp³-hybridized carbons (Fsp3) is 0.185. The van der Waals surface area contributed by atoms with E-state index >= 15 is 0 Å². The van der Waals surface area contributed by atoms with E-state index in [0.29, 0.717) is 17.0 Å². The Morgan fingerprint density at radius 2 is 1.66 bits per heavy atom. The molecule has 0 saturated heterocycles. The zero-order chi connectivity index (χ0) is 25.2. The van der Waals surface area contributed by atoms with Gasteiger partial charge in [-0.3, -0.25) is 14.4 Å². The quantitative estimate of drug-likeness (QED) is 0.262. The highest BCUT2D eigenvalue weighted by atomic mass is 16.5. The molecule has 35 heavy (non-hydrogen) atoms. The van der Waals surface area contributed by atoms with Crippen molar-refractivity contribution in [3.63, 3.8) is 0 Å². The van der Waals surface area contributed by atoms with Gasteiger partial charge in [0.25, 0.3) is 5.91 Å². The van der Waals surface area contributed by atoms with Gasteiger partial charge in [-0.15, -0.1) is 0 Å². The fourth-order valence-electron chi connectivity index (χ4n) is 3.13. The first-order valence-electron chi connectivity index (χ1n) is 11.2. The van der Waals surface area contributed by atoms with Gasteiger partial charge in [0.05, 0.1) is 6.21 Å². The molecule has 3 aromatic carbocycles. The van der Waals surface area contributed by atoms with Crippen molar-refractivity contribution < 1.29 is 19.1 Å². The minimum atomic E-state index is -0.892.